The summed E-state index contributed by atoms with van der Waals surface area (Å²) in [5.74, 6) is -1.12. The maximum atomic E-state index is 10.1. The highest BCUT2D eigenvalue weighted by Gasteiger charge is 2.10. The van der Waals surface area contributed by atoms with Gasteiger partial charge in [0, 0.05) is 6.54 Å². The molecule has 0 saturated carbocycles. The molecule has 2 atom stereocenters. The van der Waals surface area contributed by atoms with Gasteiger partial charge in [0.1, 0.15) is 6.04 Å². The van der Waals surface area contributed by atoms with Crippen LogP contribution in [0.3, 0.4) is 0 Å². The maximum absolute atomic E-state index is 10.1. The average molecular weight is 182 g/mol. The molecule has 5 N–H and O–H groups in total. The standard InChI is InChI=1S/C4H10N2O4S/c5-3(4(7)8)1-2-6-11(9)10/h3,6H,1-2,5H2,(H,7,8)(H,9,10). The van der Waals surface area contributed by atoms with Gasteiger partial charge >= 0.3 is 5.97 Å². The third-order valence-electron chi connectivity index (χ3n) is 0.998. The second-order valence-electron chi connectivity index (χ2n) is 1.88. The predicted octanol–water partition coefficient (Wildman–Crippen LogP) is -1.49. The predicted molar refractivity (Wildman–Crippen MR) is 39.0 cm³/mol. The van der Waals surface area contributed by atoms with Crippen LogP contribution in [0.1, 0.15) is 6.42 Å². The van der Waals surface area contributed by atoms with Crippen molar-refractivity contribution in [1.82, 2.24) is 4.72 Å². The largest absolute Gasteiger partial charge is 0.480 e. The van der Waals surface area contributed by atoms with E-state index >= 15 is 0 Å². The molecule has 0 aliphatic heterocycles. The second kappa shape index (κ2) is 5.19. The lowest BCUT2D eigenvalue weighted by molar-refractivity contribution is -0.138. The molecule has 0 radical (unpaired) electrons. The van der Waals surface area contributed by atoms with Crippen LogP contribution in [-0.2, 0) is 16.1 Å². The first-order valence-electron chi connectivity index (χ1n) is 2.86. The van der Waals surface area contributed by atoms with Crippen LogP contribution in [0, 0.1) is 0 Å². The van der Waals surface area contributed by atoms with E-state index in [1.54, 1.807) is 0 Å². The molecule has 0 fully saturated rings. The number of carboxylic acids is 1. The summed E-state index contributed by atoms with van der Waals surface area (Å²) in [6.07, 6.45) is 0.127. The molecule has 0 aliphatic rings. The van der Waals surface area contributed by atoms with E-state index < -0.39 is 23.3 Å². The number of aliphatic carboxylic acids is 1. The monoisotopic (exact) mass is 182 g/mol. The molecule has 0 aromatic carbocycles. The van der Waals surface area contributed by atoms with E-state index in [9.17, 15) is 9.00 Å². The fourth-order valence-electron chi connectivity index (χ4n) is 0.425. The van der Waals surface area contributed by atoms with Gasteiger partial charge < -0.3 is 10.8 Å². The molecule has 0 spiro atoms. The van der Waals surface area contributed by atoms with Crippen molar-refractivity contribution >= 4 is 17.2 Å². The quantitative estimate of drug-likeness (QED) is 0.387. The Kier molecular flexibility index (Phi) is 4.95. The van der Waals surface area contributed by atoms with Gasteiger partial charge in [-0.1, -0.05) is 0 Å². The Bertz CT molecular complexity index is 162. The van der Waals surface area contributed by atoms with Gasteiger partial charge in [0.05, 0.1) is 0 Å². The zero-order valence-corrected chi connectivity index (χ0v) is 6.50. The maximum Gasteiger partial charge on any atom is 0.320 e. The van der Waals surface area contributed by atoms with Crippen molar-refractivity contribution in [2.24, 2.45) is 5.73 Å². The SMILES string of the molecule is NC(CCNS(=O)O)C(=O)O. The summed E-state index contributed by atoms with van der Waals surface area (Å²) in [5.41, 5.74) is 5.08. The molecule has 0 saturated heterocycles. The molecule has 0 heterocycles. The van der Waals surface area contributed by atoms with E-state index in [2.05, 4.69) is 4.72 Å². The topological polar surface area (TPSA) is 113 Å². The van der Waals surface area contributed by atoms with Crippen LogP contribution in [0.15, 0.2) is 0 Å². The number of carboxylic acid groups (broad SMARTS) is 1. The highest BCUT2D eigenvalue weighted by atomic mass is 32.2. The number of hydrogen-bond acceptors (Lipinski definition) is 3. The summed E-state index contributed by atoms with van der Waals surface area (Å²) in [6.45, 7) is 0.108. The van der Waals surface area contributed by atoms with Crippen molar-refractivity contribution in [3.8, 4) is 0 Å². The number of rotatable bonds is 5. The van der Waals surface area contributed by atoms with Crippen molar-refractivity contribution in [3.05, 3.63) is 0 Å². The minimum atomic E-state index is -2.09. The Morgan fingerprint density at radius 2 is 2.27 bits per heavy atom. The number of nitrogens with two attached hydrogens (primary N) is 1. The normalized spacial score (nSPS) is 15.8. The van der Waals surface area contributed by atoms with Gasteiger partial charge in [0.25, 0.3) is 0 Å². The first-order valence-corrected chi connectivity index (χ1v) is 3.97. The summed E-state index contributed by atoms with van der Waals surface area (Å²) in [4.78, 5) is 10.1. The van der Waals surface area contributed by atoms with Gasteiger partial charge in [0.2, 0.25) is 11.3 Å². The van der Waals surface area contributed by atoms with E-state index in [1.807, 2.05) is 0 Å². The van der Waals surface area contributed by atoms with Crippen LogP contribution in [-0.4, -0.2) is 32.4 Å². The van der Waals surface area contributed by atoms with Crippen molar-refractivity contribution in [1.29, 1.82) is 0 Å². The summed E-state index contributed by atoms with van der Waals surface area (Å²) in [6, 6.07) is -0.981. The molecule has 0 rings (SSSR count). The molecule has 0 aromatic rings. The molecular weight excluding hydrogens is 172 g/mol. The third-order valence-corrected chi connectivity index (χ3v) is 1.45. The molecule has 2 unspecified atom stereocenters. The molecule has 0 amide bonds. The van der Waals surface area contributed by atoms with Gasteiger partial charge in [-0.25, -0.2) is 8.93 Å². The van der Waals surface area contributed by atoms with Crippen molar-refractivity contribution < 1.29 is 18.7 Å². The Hall–Kier alpha value is -0.500. The highest BCUT2D eigenvalue weighted by molar-refractivity contribution is 7.77. The molecular formula is C4H10N2O4S. The molecule has 0 aromatic heterocycles. The van der Waals surface area contributed by atoms with Crippen LogP contribution in [0.2, 0.25) is 0 Å². The summed E-state index contributed by atoms with van der Waals surface area (Å²) >= 11 is -2.09. The summed E-state index contributed by atoms with van der Waals surface area (Å²) in [5, 5.41) is 8.26. The first kappa shape index (κ1) is 10.5. The average Bonchev–Trinajstić information content (AvgIpc) is 1.86. The number of nitrogens with one attached hydrogen (secondary N) is 1. The molecule has 66 valence electrons. The van der Waals surface area contributed by atoms with E-state index in [0.717, 1.165) is 0 Å². The van der Waals surface area contributed by atoms with Crippen LogP contribution >= 0.6 is 0 Å². The van der Waals surface area contributed by atoms with Crippen LogP contribution in [0.25, 0.3) is 0 Å². The van der Waals surface area contributed by atoms with Crippen LogP contribution < -0.4 is 10.5 Å². The van der Waals surface area contributed by atoms with E-state index in [1.165, 1.54) is 0 Å². The first-order chi connectivity index (χ1) is 5.04. The molecule has 11 heavy (non-hydrogen) atoms. The smallest absolute Gasteiger partial charge is 0.320 e. The lowest BCUT2D eigenvalue weighted by Crippen LogP contribution is -2.34. The van der Waals surface area contributed by atoms with Crippen molar-refractivity contribution in [2.45, 2.75) is 12.5 Å². The minimum absolute atomic E-state index is 0.108. The second-order valence-corrected chi connectivity index (χ2v) is 2.66. The Morgan fingerprint density at radius 3 is 2.64 bits per heavy atom. The molecule has 0 bridgehead atoms. The van der Waals surface area contributed by atoms with Gasteiger partial charge in [-0.3, -0.25) is 9.35 Å². The van der Waals surface area contributed by atoms with Gasteiger partial charge in [-0.05, 0) is 6.42 Å². The third kappa shape index (κ3) is 5.92. The van der Waals surface area contributed by atoms with E-state index in [-0.39, 0.29) is 13.0 Å². The number of carbonyl (C=O) groups is 1. The summed E-state index contributed by atoms with van der Waals surface area (Å²) < 4.78 is 20.3. The summed E-state index contributed by atoms with van der Waals surface area (Å²) in [7, 11) is 0. The van der Waals surface area contributed by atoms with Crippen molar-refractivity contribution in [2.75, 3.05) is 6.54 Å². The fourth-order valence-corrected chi connectivity index (χ4v) is 0.718. The van der Waals surface area contributed by atoms with Gasteiger partial charge in [-0.2, -0.15) is 0 Å². The lowest BCUT2D eigenvalue weighted by atomic mass is 10.2. The van der Waals surface area contributed by atoms with Gasteiger partial charge in [-0.15, -0.1) is 0 Å². The lowest BCUT2D eigenvalue weighted by Gasteiger charge is -2.04. The minimum Gasteiger partial charge on any atom is -0.480 e. The van der Waals surface area contributed by atoms with Crippen LogP contribution in [0.4, 0.5) is 0 Å². The Morgan fingerprint density at radius 1 is 1.73 bits per heavy atom. The molecule has 0 aliphatic carbocycles. The van der Waals surface area contributed by atoms with E-state index in [0.29, 0.717) is 0 Å². The van der Waals surface area contributed by atoms with Crippen molar-refractivity contribution in [3.63, 3.8) is 0 Å². The fraction of sp³-hybridized carbons (Fsp3) is 0.750. The van der Waals surface area contributed by atoms with Gasteiger partial charge in [0.15, 0.2) is 0 Å². The highest BCUT2D eigenvalue weighted by Crippen LogP contribution is 1.85. The molecule has 7 heteroatoms. The Labute approximate surface area is 66.2 Å². The number of hydrogen-bond donors (Lipinski definition) is 4. The zero-order chi connectivity index (χ0) is 8.85. The van der Waals surface area contributed by atoms with E-state index in [4.69, 9.17) is 15.4 Å². The Balaban J connectivity index is 3.39. The molecule has 6 nitrogen and oxygen atoms in total. The van der Waals surface area contributed by atoms with Crippen LogP contribution in [0.5, 0.6) is 0 Å². The zero-order valence-electron chi connectivity index (χ0n) is 5.69.